The number of rotatable bonds is 5. The number of tetrazole rings is 1. The van der Waals surface area contributed by atoms with Gasteiger partial charge in [0.1, 0.15) is 11.9 Å². The van der Waals surface area contributed by atoms with E-state index in [0.29, 0.717) is 41.7 Å². The molecule has 7 rings (SSSR count). The summed E-state index contributed by atoms with van der Waals surface area (Å²) in [5, 5.41) is 12.8. The van der Waals surface area contributed by atoms with E-state index in [1.54, 1.807) is 18.0 Å². The van der Waals surface area contributed by atoms with Crippen LogP contribution < -0.4 is 19.1 Å². The van der Waals surface area contributed by atoms with Gasteiger partial charge in [-0.2, -0.15) is 4.68 Å². The minimum Gasteiger partial charge on any atom is -0.492 e. The molecule has 0 aliphatic carbocycles. The van der Waals surface area contributed by atoms with Crippen molar-refractivity contribution in [2.45, 2.75) is 12.5 Å². The predicted molar refractivity (Wildman–Crippen MR) is 149 cm³/mol. The fourth-order valence-electron chi connectivity index (χ4n) is 5.91. The molecular formula is C29H30N8O4. The van der Waals surface area contributed by atoms with Crippen molar-refractivity contribution in [1.29, 1.82) is 0 Å². The van der Waals surface area contributed by atoms with Gasteiger partial charge in [-0.15, -0.1) is 5.10 Å². The Kier molecular flexibility index (Phi) is 6.38. The summed E-state index contributed by atoms with van der Waals surface area (Å²) in [6, 6.07) is 15.1. The molecule has 0 spiro atoms. The number of hydrogen-bond acceptors (Lipinski definition) is 10. The number of methoxy groups -OCH3 is 1. The van der Waals surface area contributed by atoms with Gasteiger partial charge in [0.15, 0.2) is 17.3 Å². The SMILES string of the molecule is COc1c2c(cc3c1[C@H](c1nnnn1-c1ccc(C(=O)N4CCN(c5ccccn5)CC4)cc1)N(C)CC3)OCO2. The Bertz CT molecular complexity index is 1570. The van der Waals surface area contributed by atoms with Crippen LogP contribution in [-0.2, 0) is 6.42 Å². The molecule has 1 amide bonds. The Hall–Kier alpha value is -4.71. The van der Waals surface area contributed by atoms with Crippen LogP contribution in [0.25, 0.3) is 5.69 Å². The molecule has 1 saturated heterocycles. The van der Waals surface area contributed by atoms with Crippen molar-refractivity contribution >= 4 is 11.7 Å². The Morgan fingerprint density at radius 2 is 1.85 bits per heavy atom. The van der Waals surface area contributed by atoms with Crippen LogP contribution in [-0.4, -0.2) is 94.6 Å². The highest BCUT2D eigenvalue weighted by molar-refractivity contribution is 5.94. The van der Waals surface area contributed by atoms with E-state index in [9.17, 15) is 4.79 Å². The Labute approximate surface area is 237 Å². The first-order valence-electron chi connectivity index (χ1n) is 13.7. The van der Waals surface area contributed by atoms with Gasteiger partial charge < -0.3 is 24.0 Å². The summed E-state index contributed by atoms with van der Waals surface area (Å²) in [5.41, 5.74) is 3.48. The highest BCUT2D eigenvalue weighted by Gasteiger charge is 2.38. The monoisotopic (exact) mass is 554 g/mol. The summed E-state index contributed by atoms with van der Waals surface area (Å²) in [7, 11) is 3.69. The van der Waals surface area contributed by atoms with Gasteiger partial charge in [-0.05, 0) is 71.9 Å². The molecule has 3 aliphatic heterocycles. The maximum Gasteiger partial charge on any atom is 0.253 e. The van der Waals surface area contributed by atoms with Crippen LogP contribution in [0.2, 0.25) is 0 Å². The number of fused-ring (bicyclic) bond motifs is 2. The van der Waals surface area contributed by atoms with E-state index < -0.39 is 0 Å². The van der Waals surface area contributed by atoms with E-state index in [1.165, 1.54) is 0 Å². The number of hydrogen-bond donors (Lipinski definition) is 0. The Morgan fingerprint density at radius 3 is 2.61 bits per heavy atom. The second-order valence-corrected chi connectivity index (χ2v) is 10.3. The van der Waals surface area contributed by atoms with E-state index in [-0.39, 0.29) is 18.7 Å². The first-order valence-corrected chi connectivity index (χ1v) is 13.7. The van der Waals surface area contributed by atoms with Crippen molar-refractivity contribution in [3.8, 4) is 22.9 Å². The van der Waals surface area contributed by atoms with Crippen molar-refractivity contribution < 1.29 is 19.0 Å². The van der Waals surface area contributed by atoms with Gasteiger partial charge >= 0.3 is 0 Å². The van der Waals surface area contributed by atoms with Crippen LogP contribution >= 0.6 is 0 Å². The van der Waals surface area contributed by atoms with Gasteiger partial charge in [-0.1, -0.05) is 6.07 Å². The number of likely N-dealkylation sites (N-methyl/N-ethyl adjacent to an activating group) is 1. The first kappa shape index (κ1) is 25.3. The summed E-state index contributed by atoms with van der Waals surface area (Å²) in [5.74, 6) is 3.54. The number of aromatic nitrogens is 5. The quantitative estimate of drug-likeness (QED) is 0.365. The highest BCUT2D eigenvalue weighted by atomic mass is 16.7. The predicted octanol–water partition coefficient (Wildman–Crippen LogP) is 2.33. The number of piperazine rings is 1. The standard InChI is InChI=1S/C29H30N8O4/c1-34-12-10-20-17-22-26(41-18-40-22)27(39-2)24(20)25(34)28-31-32-33-37(28)21-8-6-19(7-9-21)29(38)36-15-13-35(14-16-36)23-5-3-4-11-30-23/h3-9,11,17,25H,10,12-16,18H2,1-2H3/t25-/m1/s1. The average Bonchev–Trinajstić information content (AvgIpc) is 3.70. The van der Waals surface area contributed by atoms with E-state index in [0.717, 1.165) is 48.7 Å². The lowest BCUT2D eigenvalue weighted by molar-refractivity contribution is 0.0746. The van der Waals surface area contributed by atoms with Crippen molar-refractivity contribution in [1.82, 2.24) is 35.0 Å². The lowest BCUT2D eigenvalue weighted by Gasteiger charge is -2.35. The van der Waals surface area contributed by atoms with Crippen LogP contribution in [0.3, 0.4) is 0 Å². The number of ether oxygens (including phenoxy) is 3. The fourth-order valence-corrected chi connectivity index (χ4v) is 5.91. The number of pyridine rings is 1. The molecule has 210 valence electrons. The van der Waals surface area contributed by atoms with E-state index in [4.69, 9.17) is 14.2 Å². The molecular weight excluding hydrogens is 524 g/mol. The van der Waals surface area contributed by atoms with Gasteiger partial charge in [0.25, 0.3) is 5.91 Å². The Balaban J connectivity index is 1.13. The molecule has 5 heterocycles. The minimum absolute atomic E-state index is 0.0101. The number of carbonyl (C=O) groups is 1. The van der Waals surface area contributed by atoms with Gasteiger partial charge in [-0.3, -0.25) is 9.69 Å². The number of amides is 1. The third-order valence-corrected chi connectivity index (χ3v) is 8.03. The molecule has 0 unspecified atom stereocenters. The zero-order valence-electron chi connectivity index (χ0n) is 22.9. The zero-order chi connectivity index (χ0) is 27.9. The second-order valence-electron chi connectivity index (χ2n) is 10.3. The average molecular weight is 555 g/mol. The normalized spacial score (nSPS) is 18.3. The van der Waals surface area contributed by atoms with Crippen molar-refractivity contribution in [2.24, 2.45) is 0 Å². The van der Waals surface area contributed by atoms with Crippen LogP contribution in [0.4, 0.5) is 5.82 Å². The van der Waals surface area contributed by atoms with Gasteiger partial charge in [0.2, 0.25) is 12.5 Å². The van der Waals surface area contributed by atoms with Crippen LogP contribution in [0, 0.1) is 0 Å². The summed E-state index contributed by atoms with van der Waals surface area (Å²) in [6.45, 7) is 3.75. The molecule has 2 aromatic heterocycles. The highest BCUT2D eigenvalue weighted by Crippen LogP contribution is 2.50. The lowest BCUT2D eigenvalue weighted by Crippen LogP contribution is -2.49. The van der Waals surface area contributed by atoms with E-state index in [1.807, 2.05) is 60.5 Å². The molecule has 0 N–H and O–H groups in total. The number of carbonyl (C=O) groups excluding carboxylic acids is 1. The summed E-state index contributed by atoms with van der Waals surface area (Å²) in [4.78, 5) is 24.0. The molecule has 3 aliphatic rings. The molecule has 1 atom stereocenters. The Morgan fingerprint density at radius 1 is 1.02 bits per heavy atom. The molecule has 0 saturated carbocycles. The van der Waals surface area contributed by atoms with Gasteiger partial charge in [0, 0.05) is 50.0 Å². The molecule has 0 bridgehead atoms. The van der Waals surface area contributed by atoms with Crippen LogP contribution in [0.15, 0.2) is 54.7 Å². The second kappa shape index (κ2) is 10.4. The third kappa shape index (κ3) is 4.40. The fraction of sp³-hybridized carbons (Fsp3) is 0.345. The van der Waals surface area contributed by atoms with E-state index in [2.05, 4.69) is 30.3 Å². The molecule has 2 aromatic carbocycles. The molecule has 41 heavy (non-hydrogen) atoms. The van der Waals surface area contributed by atoms with Gasteiger partial charge in [-0.25, -0.2) is 4.98 Å². The topological polar surface area (TPSA) is 111 Å². The molecule has 0 radical (unpaired) electrons. The molecule has 1 fully saturated rings. The maximum atomic E-state index is 13.3. The summed E-state index contributed by atoms with van der Waals surface area (Å²) in [6.07, 6.45) is 2.63. The maximum absolute atomic E-state index is 13.3. The lowest BCUT2D eigenvalue weighted by atomic mass is 9.90. The van der Waals surface area contributed by atoms with E-state index >= 15 is 0 Å². The summed E-state index contributed by atoms with van der Waals surface area (Å²) >= 11 is 0. The molecule has 12 heteroatoms. The van der Waals surface area contributed by atoms with Gasteiger partial charge in [0.05, 0.1) is 12.8 Å². The third-order valence-electron chi connectivity index (χ3n) is 8.03. The van der Waals surface area contributed by atoms with Crippen LogP contribution in [0.1, 0.15) is 33.4 Å². The molecule has 12 nitrogen and oxygen atoms in total. The molecule has 4 aromatic rings. The smallest absolute Gasteiger partial charge is 0.253 e. The minimum atomic E-state index is -0.269. The first-order chi connectivity index (χ1) is 20.1. The number of anilines is 1. The van der Waals surface area contributed by atoms with Crippen molar-refractivity contribution in [2.75, 3.05) is 58.6 Å². The number of benzene rings is 2. The van der Waals surface area contributed by atoms with Crippen molar-refractivity contribution in [3.05, 3.63) is 77.2 Å². The van der Waals surface area contributed by atoms with Crippen molar-refractivity contribution in [3.63, 3.8) is 0 Å². The number of nitrogens with zero attached hydrogens (tertiary/aromatic N) is 8. The largest absolute Gasteiger partial charge is 0.492 e. The van der Waals surface area contributed by atoms with Crippen LogP contribution in [0.5, 0.6) is 17.2 Å². The zero-order valence-corrected chi connectivity index (χ0v) is 22.9. The summed E-state index contributed by atoms with van der Waals surface area (Å²) < 4.78 is 19.0.